The third-order valence-electron chi connectivity index (χ3n) is 5.23. The second-order valence-corrected chi connectivity index (χ2v) is 7.25. The predicted molar refractivity (Wildman–Crippen MR) is 106 cm³/mol. The van der Waals surface area contributed by atoms with E-state index in [2.05, 4.69) is 29.0 Å². The molecule has 5 nitrogen and oxygen atoms in total. The number of likely N-dealkylation sites (N-methyl/N-ethyl adjacent to an activating group) is 1. The van der Waals surface area contributed by atoms with Gasteiger partial charge in [-0.1, -0.05) is 24.3 Å². The van der Waals surface area contributed by atoms with E-state index in [-0.39, 0.29) is 5.56 Å². The molecule has 6 heteroatoms. The molecule has 0 unspecified atom stereocenters. The van der Waals surface area contributed by atoms with Crippen LogP contribution in [0.4, 0.5) is 4.39 Å². The summed E-state index contributed by atoms with van der Waals surface area (Å²) in [7, 11) is 3.42. The largest absolute Gasteiger partial charge is 0.465 e. The number of carbonyl (C=O) groups is 1. The number of piperazine rings is 1. The summed E-state index contributed by atoms with van der Waals surface area (Å²) in [5.74, 6) is -0.521. The van der Waals surface area contributed by atoms with Crippen LogP contribution in [-0.2, 0) is 11.3 Å². The van der Waals surface area contributed by atoms with Gasteiger partial charge in [-0.25, -0.2) is 9.18 Å². The van der Waals surface area contributed by atoms with Crippen LogP contribution in [0, 0.1) is 5.82 Å². The molecule has 0 saturated carbocycles. The number of hydrogen-bond acceptors (Lipinski definition) is 5. The Labute approximate surface area is 163 Å². The van der Waals surface area contributed by atoms with E-state index in [4.69, 9.17) is 9.15 Å². The van der Waals surface area contributed by atoms with E-state index in [0.717, 1.165) is 44.4 Å². The fraction of sp³-hybridized carbons (Fsp3) is 0.318. The number of fused-ring (bicyclic) bond motifs is 1. The Bertz CT molecular complexity index is 989. The summed E-state index contributed by atoms with van der Waals surface area (Å²) >= 11 is 0. The van der Waals surface area contributed by atoms with E-state index in [0.29, 0.717) is 16.7 Å². The molecular weight excluding hydrogens is 359 g/mol. The molecule has 1 saturated heterocycles. The first-order chi connectivity index (χ1) is 13.5. The van der Waals surface area contributed by atoms with Gasteiger partial charge in [0.25, 0.3) is 0 Å². The van der Waals surface area contributed by atoms with E-state index in [9.17, 15) is 9.18 Å². The number of halogens is 1. The molecule has 1 fully saturated rings. The van der Waals surface area contributed by atoms with Crippen LogP contribution < -0.4 is 0 Å². The van der Waals surface area contributed by atoms with Crippen LogP contribution in [0.15, 0.2) is 46.9 Å². The zero-order valence-corrected chi connectivity index (χ0v) is 16.1. The van der Waals surface area contributed by atoms with Gasteiger partial charge in [0, 0.05) is 43.7 Å². The Morgan fingerprint density at radius 2 is 1.82 bits per heavy atom. The van der Waals surface area contributed by atoms with Gasteiger partial charge in [0.1, 0.15) is 22.7 Å². The van der Waals surface area contributed by atoms with Gasteiger partial charge in [-0.2, -0.15) is 0 Å². The van der Waals surface area contributed by atoms with Crippen molar-refractivity contribution < 1.29 is 18.3 Å². The van der Waals surface area contributed by atoms with Crippen molar-refractivity contribution in [3.63, 3.8) is 0 Å². The number of rotatable bonds is 4. The number of methoxy groups -OCH3 is 1. The topological polar surface area (TPSA) is 45.9 Å². The molecule has 1 aliphatic heterocycles. The third-order valence-corrected chi connectivity index (χ3v) is 5.23. The third kappa shape index (κ3) is 3.79. The first kappa shape index (κ1) is 18.7. The second kappa shape index (κ2) is 7.73. The molecule has 0 spiro atoms. The summed E-state index contributed by atoms with van der Waals surface area (Å²) in [6.07, 6.45) is 0. The molecule has 0 aliphatic carbocycles. The highest BCUT2D eigenvalue weighted by molar-refractivity contribution is 6.03. The minimum absolute atomic E-state index is 0.0930. The van der Waals surface area contributed by atoms with Crippen molar-refractivity contribution in [2.24, 2.45) is 0 Å². The summed E-state index contributed by atoms with van der Waals surface area (Å²) in [6, 6.07) is 12.4. The molecule has 28 heavy (non-hydrogen) atoms. The predicted octanol–water partition coefficient (Wildman–Crippen LogP) is 3.77. The van der Waals surface area contributed by atoms with Gasteiger partial charge < -0.3 is 14.1 Å². The van der Waals surface area contributed by atoms with Crippen molar-refractivity contribution in [1.29, 1.82) is 0 Å². The summed E-state index contributed by atoms with van der Waals surface area (Å²) in [5, 5.41) is 0.539. The summed E-state index contributed by atoms with van der Waals surface area (Å²) < 4.78 is 24.5. The van der Waals surface area contributed by atoms with Crippen LogP contribution in [0.3, 0.4) is 0 Å². The van der Waals surface area contributed by atoms with Crippen molar-refractivity contribution in [2.45, 2.75) is 6.54 Å². The molecule has 4 rings (SSSR count). The van der Waals surface area contributed by atoms with Gasteiger partial charge in [0.05, 0.1) is 7.11 Å². The van der Waals surface area contributed by atoms with Crippen LogP contribution in [-0.4, -0.2) is 56.1 Å². The van der Waals surface area contributed by atoms with Gasteiger partial charge in [-0.15, -0.1) is 0 Å². The highest BCUT2D eigenvalue weighted by Gasteiger charge is 2.18. The molecule has 2 aromatic carbocycles. The number of hydrogen-bond donors (Lipinski definition) is 0. The van der Waals surface area contributed by atoms with Gasteiger partial charge in [0.2, 0.25) is 0 Å². The summed E-state index contributed by atoms with van der Waals surface area (Å²) in [4.78, 5) is 16.7. The highest BCUT2D eigenvalue weighted by atomic mass is 19.1. The Hall–Kier alpha value is -2.70. The van der Waals surface area contributed by atoms with E-state index in [1.54, 1.807) is 6.07 Å². The Morgan fingerprint density at radius 3 is 2.50 bits per heavy atom. The molecule has 3 aromatic rings. The van der Waals surface area contributed by atoms with Crippen molar-refractivity contribution in [3.8, 4) is 11.3 Å². The van der Waals surface area contributed by atoms with E-state index < -0.39 is 11.8 Å². The number of ether oxygens (including phenoxy) is 1. The maximum atomic E-state index is 13.8. The van der Waals surface area contributed by atoms with Crippen molar-refractivity contribution in [2.75, 3.05) is 40.3 Å². The molecule has 0 bridgehead atoms. The number of furan rings is 1. The molecule has 0 radical (unpaired) electrons. The van der Waals surface area contributed by atoms with E-state index in [1.165, 1.54) is 18.7 Å². The van der Waals surface area contributed by atoms with E-state index in [1.807, 2.05) is 12.1 Å². The fourth-order valence-corrected chi connectivity index (χ4v) is 3.56. The zero-order chi connectivity index (χ0) is 19.7. The highest BCUT2D eigenvalue weighted by Crippen LogP contribution is 2.31. The lowest BCUT2D eigenvalue weighted by molar-refractivity contribution is 0.0601. The number of nitrogens with zero attached hydrogens (tertiary/aromatic N) is 2. The molecule has 0 amide bonds. The number of esters is 1. The fourth-order valence-electron chi connectivity index (χ4n) is 3.56. The summed E-state index contributed by atoms with van der Waals surface area (Å²) in [6.45, 7) is 5.26. The molecular formula is C22H23FN2O3. The van der Waals surface area contributed by atoms with Crippen molar-refractivity contribution >= 4 is 16.9 Å². The number of carbonyl (C=O) groups excluding carboxylic acids is 1. The average molecular weight is 382 g/mol. The minimum Gasteiger partial charge on any atom is -0.465 e. The quantitative estimate of drug-likeness (QED) is 0.643. The maximum absolute atomic E-state index is 13.8. The first-order valence-electron chi connectivity index (χ1n) is 9.35. The maximum Gasteiger partial charge on any atom is 0.341 e. The number of benzene rings is 2. The lowest BCUT2D eigenvalue weighted by Gasteiger charge is -2.32. The molecule has 0 atom stereocenters. The smallest absolute Gasteiger partial charge is 0.341 e. The van der Waals surface area contributed by atoms with Gasteiger partial charge >= 0.3 is 5.97 Å². The Morgan fingerprint density at radius 1 is 1.11 bits per heavy atom. The molecule has 146 valence electrons. The second-order valence-electron chi connectivity index (χ2n) is 7.25. The summed E-state index contributed by atoms with van der Waals surface area (Å²) in [5.41, 5.74) is 2.56. The normalized spacial score (nSPS) is 15.8. The first-order valence-corrected chi connectivity index (χ1v) is 9.35. The van der Waals surface area contributed by atoms with Gasteiger partial charge in [-0.3, -0.25) is 4.90 Å². The van der Waals surface area contributed by atoms with Crippen molar-refractivity contribution in [1.82, 2.24) is 9.80 Å². The standard InChI is InChI=1S/C22H23FN2O3/c1-24-7-9-25(10-8-24)14-15-3-5-16(6-4-15)20-12-17-11-18(23)13-19(21(17)28-20)22(26)27-2/h3-6,11-13H,7-10,14H2,1-2H3. The molecule has 1 aromatic heterocycles. The molecule has 0 N–H and O–H groups in total. The van der Waals surface area contributed by atoms with Crippen LogP contribution >= 0.6 is 0 Å². The molecule has 1 aliphatic rings. The SMILES string of the molecule is COC(=O)c1cc(F)cc2cc(-c3ccc(CN4CCN(C)CC4)cc3)oc12. The Balaban J connectivity index is 1.57. The van der Waals surface area contributed by atoms with Crippen molar-refractivity contribution in [3.05, 3.63) is 59.4 Å². The zero-order valence-electron chi connectivity index (χ0n) is 16.1. The lowest BCUT2D eigenvalue weighted by atomic mass is 10.1. The Kier molecular flexibility index (Phi) is 5.15. The van der Waals surface area contributed by atoms with Crippen LogP contribution in [0.25, 0.3) is 22.3 Å². The van der Waals surface area contributed by atoms with Crippen LogP contribution in [0.2, 0.25) is 0 Å². The lowest BCUT2D eigenvalue weighted by Crippen LogP contribution is -2.43. The van der Waals surface area contributed by atoms with Crippen LogP contribution in [0.5, 0.6) is 0 Å². The minimum atomic E-state index is -0.618. The van der Waals surface area contributed by atoms with E-state index >= 15 is 0 Å². The average Bonchev–Trinajstić information content (AvgIpc) is 3.13. The van der Waals surface area contributed by atoms with Crippen LogP contribution in [0.1, 0.15) is 15.9 Å². The molecule has 2 heterocycles. The monoisotopic (exact) mass is 382 g/mol. The van der Waals surface area contributed by atoms with Gasteiger partial charge in [0.15, 0.2) is 0 Å². The van der Waals surface area contributed by atoms with Gasteiger partial charge in [-0.05, 0) is 30.8 Å².